The summed E-state index contributed by atoms with van der Waals surface area (Å²) in [5.74, 6) is -0.0341. The van der Waals surface area contributed by atoms with Crippen molar-refractivity contribution in [1.29, 1.82) is 0 Å². The van der Waals surface area contributed by atoms with E-state index in [0.717, 1.165) is 30.6 Å². The Morgan fingerprint density at radius 1 is 1.33 bits per heavy atom. The van der Waals surface area contributed by atoms with Crippen molar-refractivity contribution in [1.82, 2.24) is 15.1 Å². The van der Waals surface area contributed by atoms with Gasteiger partial charge < -0.3 is 10.1 Å². The van der Waals surface area contributed by atoms with Gasteiger partial charge in [0, 0.05) is 24.9 Å². The molecule has 2 heterocycles. The third-order valence-electron chi connectivity index (χ3n) is 3.60. The van der Waals surface area contributed by atoms with Gasteiger partial charge in [-0.15, -0.1) is 0 Å². The Kier molecular flexibility index (Phi) is 4.31. The number of hydrogen-bond acceptors (Lipinski definition) is 3. The third-order valence-corrected chi connectivity index (χ3v) is 3.60. The second kappa shape index (κ2) is 6.54. The largest absolute Gasteiger partial charge is 0.376 e. The molecule has 1 saturated heterocycles. The van der Waals surface area contributed by atoms with Crippen LogP contribution >= 0.6 is 0 Å². The molecule has 1 aromatic carbocycles. The van der Waals surface area contributed by atoms with E-state index in [4.69, 9.17) is 4.74 Å². The van der Waals surface area contributed by atoms with Crippen LogP contribution in [0.1, 0.15) is 12.8 Å². The fourth-order valence-electron chi connectivity index (χ4n) is 2.47. The molecule has 1 amide bonds. The smallest absolute Gasteiger partial charge is 0.241 e. The summed E-state index contributed by atoms with van der Waals surface area (Å²) in [5, 5.41) is 7.13. The average molecular weight is 285 g/mol. The van der Waals surface area contributed by atoms with Crippen LogP contribution in [0, 0.1) is 0 Å². The zero-order valence-corrected chi connectivity index (χ0v) is 11.9. The molecule has 110 valence electrons. The maximum Gasteiger partial charge on any atom is 0.241 e. The number of benzene rings is 1. The summed E-state index contributed by atoms with van der Waals surface area (Å²) in [6.07, 6.45) is 5.95. The lowest BCUT2D eigenvalue weighted by molar-refractivity contribution is -0.122. The third kappa shape index (κ3) is 3.70. The van der Waals surface area contributed by atoms with Crippen LogP contribution in [0.4, 0.5) is 0 Å². The molecule has 3 rings (SSSR count). The van der Waals surface area contributed by atoms with Crippen molar-refractivity contribution in [2.75, 3.05) is 13.2 Å². The van der Waals surface area contributed by atoms with Crippen molar-refractivity contribution >= 4 is 5.91 Å². The minimum atomic E-state index is -0.0341. The zero-order valence-electron chi connectivity index (χ0n) is 11.9. The summed E-state index contributed by atoms with van der Waals surface area (Å²) in [5.41, 5.74) is 2.12. The summed E-state index contributed by atoms with van der Waals surface area (Å²) in [6, 6.07) is 10.0. The summed E-state index contributed by atoms with van der Waals surface area (Å²) in [7, 11) is 0. The molecule has 1 unspecified atom stereocenters. The van der Waals surface area contributed by atoms with Crippen LogP contribution in [-0.2, 0) is 16.1 Å². The number of hydrogen-bond donors (Lipinski definition) is 1. The van der Waals surface area contributed by atoms with Crippen LogP contribution in [0.5, 0.6) is 0 Å². The molecule has 0 aliphatic carbocycles. The summed E-state index contributed by atoms with van der Waals surface area (Å²) in [4.78, 5) is 11.9. The van der Waals surface area contributed by atoms with Gasteiger partial charge >= 0.3 is 0 Å². The van der Waals surface area contributed by atoms with Crippen LogP contribution in [0.15, 0.2) is 42.7 Å². The SMILES string of the molecule is O=C(Cn1cc(-c2ccccc2)cn1)NCC1CCCO1. The van der Waals surface area contributed by atoms with Gasteiger partial charge in [0.2, 0.25) is 5.91 Å². The predicted molar refractivity (Wildman–Crippen MR) is 79.6 cm³/mol. The van der Waals surface area contributed by atoms with Crippen LogP contribution < -0.4 is 5.32 Å². The van der Waals surface area contributed by atoms with E-state index >= 15 is 0 Å². The van der Waals surface area contributed by atoms with Crippen LogP contribution in [0.3, 0.4) is 0 Å². The minimum Gasteiger partial charge on any atom is -0.376 e. The molecule has 5 heteroatoms. The summed E-state index contributed by atoms with van der Waals surface area (Å²) < 4.78 is 7.14. The predicted octanol–water partition coefficient (Wildman–Crippen LogP) is 1.85. The Morgan fingerprint density at radius 3 is 2.95 bits per heavy atom. The second-order valence-corrected chi connectivity index (χ2v) is 5.23. The van der Waals surface area contributed by atoms with Gasteiger partial charge in [-0.1, -0.05) is 30.3 Å². The maximum absolute atomic E-state index is 11.9. The van der Waals surface area contributed by atoms with E-state index in [1.54, 1.807) is 10.9 Å². The van der Waals surface area contributed by atoms with Crippen LogP contribution in [-0.4, -0.2) is 34.9 Å². The fourth-order valence-corrected chi connectivity index (χ4v) is 2.47. The molecule has 1 aromatic heterocycles. The topological polar surface area (TPSA) is 56.2 Å². The van der Waals surface area contributed by atoms with Gasteiger partial charge in [-0.05, 0) is 18.4 Å². The molecule has 1 N–H and O–H groups in total. The van der Waals surface area contributed by atoms with Gasteiger partial charge in [-0.2, -0.15) is 5.10 Å². The van der Waals surface area contributed by atoms with E-state index in [-0.39, 0.29) is 18.6 Å². The van der Waals surface area contributed by atoms with Crippen molar-refractivity contribution in [3.8, 4) is 11.1 Å². The fraction of sp³-hybridized carbons (Fsp3) is 0.375. The highest BCUT2D eigenvalue weighted by molar-refractivity contribution is 5.75. The number of nitrogens with zero attached hydrogens (tertiary/aromatic N) is 2. The van der Waals surface area contributed by atoms with E-state index in [1.807, 2.05) is 36.5 Å². The standard InChI is InChI=1S/C16H19N3O2/c20-16(17-10-15-7-4-8-21-15)12-19-11-14(9-18-19)13-5-2-1-3-6-13/h1-3,5-6,9,11,15H,4,7-8,10,12H2,(H,17,20). The number of aromatic nitrogens is 2. The molecule has 0 bridgehead atoms. The van der Waals surface area contributed by atoms with Crippen LogP contribution in [0.2, 0.25) is 0 Å². The Morgan fingerprint density at radius 2 is 2.19 bits per heavy atom. The van der Waals surface area contributed by atoms with Gasteiger partial charge in [-0.3, -0.25) is 9.48 Å². The van der Waals surface area contributed by atoms with E-state index < -0.39 is 0 Å². The van der Waals surface area contributed by atoms with E-state index in [0.29, 0.717) is 6.54 Å². The summed E-state index contributed by atoms with van der Waals surface area (Å²) >= 11 is 0. The molecule has 5 nitrogen and oxygen atoms in total. The van der Waals surface area contributed by atoms with E-state index in [1.165, 1.54) is 0 Å². The maximum atomic E-state index is 11.9. The molecule has 1 aliphatic heterocycles. The number of carbonyl (C=O) groups is 1. The molecular formula is C16H19N3O2. The molecule has 0 saturated carbocycles. The Bertz CT molecular complexity index is 589. The van der Waals surface area contributed by atoms with Gasteiger partial charge in [0.1, 0.15) is 6.54 Å². The van der Waals surface area contributed by atoms with Crippen molar-refractivity contribution in [2.24, 2.45) is 0 Å². The monoisotopic (exact) mass is 285 g/mol. The molecule has 1 atom stereocenters. The van der Waals surface area contributed by atoms with E-state index in [9.17, 15) is 4.79 Å². The normalized spacial score (nSPS) is 17.8. The number of carbonyl (C=O) groups excluding carboxylic acids is 1. The average Bonchev–Trinajstić information content (AvgIpc) is 3.17. The van der Waals surface area contributed by atoms with Gasteiger partial charge in [-0.25, -0.2) is 0 Å². The van der Waals surface area contributed by atoms with Gasteiger partial charge in [0.05, 0.1) is 12.3 Å². The Hall–Kier alpha value is -2.14. The first-order valence-electron chi connectivity index (χ1n) is 7.27. The number of ether oxygens (including phenoxy) is 1. The molecule has 1 fully saturated rings. The van der Waals surface area contributed by atoms with Crippen molar-refractivity contribution in [3.05, 3.63) is 42.7 Å². The molecule has 0 radical (unpaired) electrons. The number of amides is 1. The molecule has 2 aromatic rings. The lowest BCUT2D eigenvalue weighted by Crippen LogP contribution is -2.34. The highest BCUT2D eigenvalue weighted by Gasteiger charge is 2.16. The van der Waals surface area contributed by atoms with E-state index in [2.05, 4.69) is 10.4 Å². The van der Waals surface area contributed by atoms with Gasteiger partial charge in [0.25, 0.3) is 0 Å². The number of rotatable bonds is 5. The van der Waals surface area contributed by atoms with Crippen molar-refractivity contribution in [2.45, 2.75) is 25.5 Å². The second-order valence-electron chi connectivity index (χ2n) is 5.23. The van der Waals surface area contributed by atoms with Crippen molar-refractivity contribution < 1.29 is 9.53 Å². The zero-order chi connectivity index (χ0) is 14.5. The first-order valence-corrected chi connectivity index (χ1v) is 7.27. The summed E-state index contributed by atoms with van der Waals surface area (Å²) in [6.45, 7) is 1.63. The van der Waals surface area contributed by atoms with Crippen molar-refractivity contribution in [3.63, 3.8) is 0 Å². The minimum absolute atomic E-state index is 0.0341. The Labute approximate surface area is 123 Å². The lowest BCUT2D eigenvalue weighted by atomic mass is 10.1. The van der Waals surface area contributed by atoms with Crippen LogP contribution in [0.25, 0.3) is 11.1 Å². The molecular weight excluding hydrogens is 266 g/mol. The first-order chi connectivity index (χ1) is 10.3. The highest BCUT2D eigenvalue weighted by Crippen LogP contribution is 2.17. The molecule has 0 spiro atoms. The van der Waals surface area contributed by atoms with Gasteiger partial charge in [0.15, 0.2) is 0 Å². The molecule has 21 heavy (non-hydrogen) atoms. The quantitative estimate of drug-likeness (QED) is 0.912. The molecule has 1 aliphatic rings. The highest BCUT2D eigenvalue weighted by atomic mass is 16.5. The Balaban J connectivity index is 1.53. The number of nitrogens with one attached hydrogen (secondary N) is 1. The first kappa shape index (κ1) is 13.8. The lowest BCUT2D eigenvalue weighted by Gasteiger charge is -2.10.